The highest BCUT2D eigenvalue weighted by Crippen LogP contribution is 2.27. The number of carbonyl (C=O) groups is 1. The molecular formula is C15H15F5N4O5. The van der Waals surface area contributed by atoms with E-state index >= 15 is 0 Å². The molecule has 160 valence electrons. The minimum Gasteiger partial charge on any atom is -0.477 e. The summed E-state index contributed by atoms with van der Waals surface area (Å²) >= 11 is 0. The van der Waals surface area contributed by atoms with Gasteiger partial charge in [0, 0.05) is 13.2 Å². The van der Waals surface area contributed by atoms with Gasteiger partial charge in [0.1, 0.15) is 12.2 Å². The van der Waals surface area contributed by atoms with Crippen LogP contribution in [0.5, 0.6) is 5.88 Å². The highest BCUT2D eigenvalue weighted by atomic mass is 19.4. The van der Waals surface area contributed by atoms with E-state index in [1.165, 1.54) is 0 Å². The van der Waals surface area contributed by atoms with E-state index in [-0.39, 0.29) is 24.3 Å². The molecule has 2 rings (SSSR count). The maximum atomic E-state index is 14.4. The van der Waals surface area contributed by atoms with Gasteiger partial charge in [-0.15, -0.1) is 5.10 Å². The van der Waals surface area contributed by atoms with E-state index < -0.39 is 59.5 Å². The summed E-state index contributed by atoms with van der Waals surface area (Å²) in [7, 11) is 0. The Morgan fingerprint density at radius 2 is 2.03 bits per heavy atom. The molecule has 0 bridgehead atoms. The lowest BCUT2D eigenvalue weighted by molar-refractivity contribution is -0.190. The first-order chi connectivity index (χ1) is 13.5. The highest BCUT2D eigenvalue weighted by molar-refractivity contribution is 5.90. The van der Waals surface area contributed by atoms with Gasteiger partial charge in [-0.05, 0) is 19.4 Å². The van der Waals surface area contributed by atoms with Crippen LogP contribution in [0.2, 0.25) is 0 Å². The third-order valence-corrected chi connectivity index (χ3v) is 3.70. The molecule has 0 spiro atoms. The van der Waals surface area contributed by atoms with Crippen LogP contribution in [0.1, 0.15) is 29.5 Å². The van der Waals surface area contributed by atoms with Gasteiger partial charge < -0.3 is 14.9 Å². The lowest BCUT2D eigenvalue weighted by Crippen LogP contribution is -2.32. The summed E-state index contributed by atoms with van der Waals surface area (Å²) in [4.78, 5) is 27.0. The third kappa shape index (κ3) is 4.70. The van der Waals surface area contributed by atoms with E-state index in [0.29, 0.717) is 13.0 Å². The molecule has 0 aromatic carbocycles. The fourth-order valence-electron chi connectivity index (χ4n) is 2.22. The number of alkyl halides is 4. The van der Waals surface area contributed by atoms with E-state index in [1.807, 2.05) is 0 Å². The maximum absolute atomic E-state index is 14.4. The normalized spacial score (nSPS) is 12.8. The number of hydrogen-bond donors (Lipinski definition) is 2. The van der Waals surface area contributed by atoms with Crippen molar-refractivity contribution in [3.63, 3.8) is 0 Å². The summed E-state index contributed by atoms with van der Waals surface area (Å²) in [6.07, 6.45) is -7.33. The third-order valence-electron chi connectivity index (χ3n) is 3.70. The Bertz CT molecular complexity index is 956. The van der Waals surface area contributed by atoms with Crippen LogP contribution in [-0.4, -0.2) is 54.4 Å². The second-order valence-electron chi connectivity index (χ2n) is 5.73. The molecule has 29 heavy (non-hydrogen) atoms. The predicted octanol–water partition coefficient (Wildman–Crippen LogP) is 1.45. The Balaban J connectivity index is 2.62. The highest BCUT2D eigenvalue weighted by Gasteiger charge is 2.39. The van der Waals surface area contributed by atoms with Gasteiger partial charge in [-0.25, -0.2) is 18.4 Å². The molecule has 0 amide bonds. The van der Waals surface area contributed by atoms with Gasteiger partial charge in [0.25, 0.3) is 0 Å². The van der Waals surface area contributed by atoms with Crippen molar-refractivity contribution in [2.24, 2.45) is 0 Å². The molecule has 2 heterocycles. The zero-order valence-corrected chi connectivity index (χ0v) is 14.8. The molecule has 0 saturated heterocycles. The van der Waals surface area contributed by atoms with Gasteiger partial charge in [0.05, 0.1) is 0 Å². The number of aromatic carboxylic acids is 1. The average Bonchev–Trinajstić information content (AvgIpc) is 2.95. The molecule has 2 N–H and O–H groups in total. The van der Waals surface area contributed by atoms with Gasteiger partial charge in [-0.3, -0.25) is 4.57 Å². The van der Waals surface area contributed by atoms with Crippen molar-refractivity contribution in [2.75, 3.05) is 6.61 Å². The van der Waals surface area contributed by atoms with E-state index in [2.05, 4.69) is 14.8 Å². The summed E-state index contributed by atoms with van der Waals surface area (Å²) in [6.45, 7) is -1.17. The Morgan fingerprint density at radius 3 is 2.55 bits per heavy atom. The number of aliphatic hydroxyl groups excluding tert-OH is 1. The largest absolute Gasteiger partial charge is 0.477 e. The number of carboxylic acids is 1. The van der Waals surface area contributed by atoms with Crippen molar-refractivity contribution in [1.29, 1.82) is 0 Å². The number of rotatable bonds is 8. The second-order valence-corrected chi connectivity index (χ2v) is 5.73. The van der Waals surface area contributed by atoms with Gasteiger partial charge in [0.15, 0.2) is 23.6 Å². The van der Waals surface area contributed by atoms with E-state index in [4.69, 9.17) is 10.2 Å². The molecule has 9 nitrogen and oxygen atoms in total. The lowest BCUT2D eigenvalue weighted by atomic mass is 10.2. The maximum Gasteiger partial charge on any atom is 0.425 e. The number of nitrogens with zero attached hydrogens (tertiary/aromatic N) is 4. The van der Waals surface area contributed by atoms with Crippen molar-refractivity contribution < 1.29 is 41.7 Å². The molecule has 2 aromatic rings. The van der Waals surface area contributed by atoms with Crippen LogP contribution >= 0.6 is 0 Å². The molecular weight excluding hydrogens is 411 g/mol. The van der Waals surface area contributed by atoms with Crippen LogP contribution in [-0.2, 0) is 13.2 Å². The number of ether oxygens (including phenoxy) is 1. The predicted molar refractivity (Wildman–Crippen MR) is 85.2 cm³/mol. The second kappa shape index (κ2) is 8.55. The number of halogens is 5. The summed E-state index contributed by atoms with van der Waals surface area (Å²) in [5.41, 5.74) is -2.10. The number of pyridine rings is 1. The van der Waals surface area contributed by atoms with Crippen LogP contribution < -0.4 is 10.4 Å². The van der Waals surface area contributed by atoms with Crippen molar-refractivity contribution in [3.8, 4) is 11.7 Å². The summed E-state index contributed by atoms with van der Waals surface area (Å²) in [5.74, 6) is -5.75. The molecule has 0 radical (unpaired) electrons. The standard InChI is InChI=1S/C15H15F5N4O5/c1-7(15(18,19)20)29-12-8(13(26)27)5-9(17)11(21-12)24-14(28)23(3-2-4-25)10(6-16)22-24/h5,7,25H,2-4,6H2,1H3,(H,26,27)/t7-/m0/s1. The smallest absolute Gasteiger partial charge is 0.425 e. The van der Waals surface area contributed by atoms with Crippen LogP contribution in [0.15, 0.2) is 10.9 Å². The fraction of sp³-hybridized carbons (Fsp3) is 0.467. The Labute approximate surface area is 159 Å². The lowest BCUT2D eigenvalue weighted by Gasteiger charge is -2.18. The first kappa shape index (κ1) is 22.3. The monoisotopic (exact) mass is 426 g/mol. The zero-order chi connectivity index (χ0) is 21.9. The Kier molecular flexibility index (Phi) is 6.56. The first-order valence-electron chi connectivity index (χ1n) is 8.04. The molecule has 0 unspecified atom stereocenters. The van der Waals surface area contributed by atoms with E-state index in [0.717, 1.165) is 4.57 Å². The van der Waals surface area contributed by atoms with Gasteiger partial charge in [-0.2, -0.15) is 22.8 Å². The minimum atomic E-state index is -4.88. The van der Waals surface area contributed by atoms with Gasteiger partial charge >= 0.3 is 17.8 Å². The molecule has 0 saturated carbocycles. The molecule has 0 fully saturated rings. The number of aliphatic hydroxyl groups is 1. The van der Waals surface area contributed by atoms with Crippen molar-refractivity contribution in [1.82, 2.24) is 19.3 Å². The molecule has 14 heteroatoms. The molecule has 1 atom stereocenters. The quantitative estimate of drug-likeness (QED) is 0.613. The summed E-state index contributed by atoms with van der Waals surface area (Å²) < 4.78 is 71.3. The van der Waals surface area contributed by atoms with Crippen molar-refractivity contribution >= 4 is 5.97 Å². The molecule has 0 aliphatic rings. The number of hydrogen-bond acceptors (Lipinski definition) is 6. The number of carboxylic acid groups (broad SMARTS) is 1. The van der Waals surface area contributed by atoms with Gasteiger partial charge in [0.2, 0.25) is 5.88 Å². The zero-order valence-electron chi connectivity index (χ0n) is 14.8. The molecule has 2 aromatic heterocycles. The number of aromatic nitrogens is 4. The van der Waals surface area contributed by atoms with Crippen LogP contribution in [0.4, 0.5) is 22.0 Å². The topological polar surface area (TPSA) is 119 Å². The van der Waals surface area contributed by atoms with Crippen molar-refractivity contribution in [2.45, 2.75) is 38.8 Å². The summed E-state index contributed by atoms with van der Waals surface area (Å²) in [6, 6.07) is 0.317. The summed E-state index contributed by atoms with van der Waals surface area (Å²) in [5, 5.41) is 21.5. The Morgan fingerprint density at radius 1 is 1.38 bits per heavy atom. The molecule has 0 aliphatic heterocycles. The SMILES string of the molecule is C[C@H](Oc1nc(-n2nc(CF)n(CCCO)c2=O)c(F)cc1C(=O)O)C(F)(F)F. The average molecular weight is 426 g/mol. The van der Waals surface area contributed by atoms with Crippen molar-refractivity contribution in [3.05, 3.63) is 33.8 Å². The Hall–Kier alpha value is -3.03. The minimum absolute atomic E-state index is 0.0456. The van der Waals surface area contributed by atoms with E-state index in [9.17, 15) is 31.5 Å². The van der Waals surface area contributed by atoms with Crippen LogP contribution in [0.25, 0.3) is 5.82 Å². The fourth-order valence-corrected chi connectivity index (χ4v) is 2.22. The molecule has 0 aliphatic carbocycles. The van der Waals surface area contributed by atoms with E-state index in [1.54, 1.807) is 0 Å². The van der Waals surface area contributed by atoms with Gasteiger partial charge in [-0.1, -0.05) is 0 Å². The van der Waals surface area contributed by atoms with Crippen LogP contribution in [0, 0.1) is 5.82 Å². The van der Waals surface area contributed by atoms with Crippen LogP contribution in [0.3, 0.4) is 0 Å². The first-order valence-corrected chi connectivity index (χ1v) is 8.04.